The number of alkyl halides is 1. The minimum absolute atomic E-state index is 0.276. The lowest BCUT2D eigenvalue weighted by molar-refractivity contribution is 0.0715. The largest absolute Gasteiger partial charge is 0.423 e. The van der Waals surface area contributed by atoms with E-state index in [0.717, 1.165) is 5.56 Å². The van der Waals surface area contributed by atoms with Gasteiger partial charge in [0.2, 0.25) is 0 Å². The van der Waals surface area contributed by atoms with Crippen LogP contribution in [0.15, 0.2) is 30.3 Å². The van der Waals surface area contributed by atoms with Crippen LogP contribution in [0.1, 0.15) is 22.3 Å². The molecule has 0 atom stereocenters. The first-order valence-corrected chi connectivity index (χ1v) is 4.94. The van der Waals surface area contributed by atoms with E-state index in [-0.39, 0.29) is 5.97 Å². The quantitative estimate of drug-likeness (QED) is 0.552. The molecule has 0 aliphatic carbocycles. The molecule has 1 aromatic carbocycles. The van der Waals surface area contributed by atoms with Gasteiger partial charge in [-0.05, 0) is 18.6 Å². The fraction of sp³-hybridized carbons (Fsp3) is 0.182. The van der Waals surface area contributed by atoms with Gasteiger partial charge in [0.25, 0.3) is 0 Å². The van der Waals surface area contributed by atoms with Crippen LogP contribution in [0.2, 0.25) is 0 Å². The van der Waals surface area contributed by atoms with Crippen molar-refractivity contribution in [2.24, 2.45) is 0 Å². The van der Waals surface area contributed by atoms with Crippen LogP contribution in [-0.2, 0) is 4.74 Å². The van der Waals surface area contributed by atoms with E-state index in [4.69, 9.17) is 16.3 Å². The fourth-order valence-electron chi connectivity index (χ4n) is 1.42. The molecule has 2 rings (SSSR count). The van der Waals surface area contributed by atoms with Crippen molar-refractivity contribution in [3.63, 3.8) is 0 Å². The normalized spacial score (nSPS) is 16.9. The highest BCUT2D eigenvalue weighted by Gasteiger charge is 2.24. The number of carbonyl (C=O) groups is 1. The summed E-state index contributed by atoms with van der Waals surface area (Å²) in [6.07, 6.45) is 2.55. The van der Waals surface area contributed by atoms with E-state index < -0.39 is 0 Å². The van der Waals surface area contributed by atoms with Gasteiger partial charge in [-0.1, -0.05) is 18.2 Å². The molecule has 1 aliphatic heterocycles. The molecule has 0 saturated heterocycles. The first-order valence-electron chi connectivity index (χ1n) is 4.40. The van der Waals surface area contributed by atoms with Crippen LogP contribution in [0.3, 0.4) is 0 Å². The summed E-state index contributed by atoms with van der Waals surface area (Å²) in [4.78, 5) is 11.3. The van der Waals surface area contributed by atoms with E-state index in [1.807, 2.05) is 24.3 Å². The van der Waals surface area contributed by atoms with Gasteiger partial charge < -0.3 is 4.74 Å². The van der Waals surface area contributed by atoms with Crippen LogP contribution in [-0.4, -0.2) is 11.8 Å². The molecule has 0 N–H and O–H groups in total. The van der Waals surface area contributed by atoms with E-state index in [2.05, 4.69) is 0 Å². The summed E-state index contributed by atoms with van der Waals surface area (Å²) in [5, 5.41) is 0. The number of hydrogen-bond donors (Lipinski definition) is 0. The molecule has 2 nitrogen and oxygen atoms in total. The molecule has 0 amide bonds. The SMILES string of the molecule is O=C1O/C(=C\CCCl)c2ccccc21. The molecule has 1 aliphatic rings. The number of ether oxygens (including phenoxy) is 1. The van der Waals surface area contributed by atoms with Gasteiger partial charge in [0.05, 0.1) is 5.56 Å². The number of esters is 1. The average molecular weight is 209 g/mol. The topological polar surface area (TPSA) is 26.3 Å². The molecule has 0 bridgehead atoms. The molecule has 14 heavy (non-hydrogen) atoms. The third-order valence-corrected chi connectivity index (χ3v) is 2.27. The molecule has 0 aromatic heterocycles. The van der Waals surface area contributed by atoms with Crippen molar-refractivity contribution in [3.05, 3.63) is 41.5 Å². The highest BCUT2D eigenvalue weighted by Crippen LogP contribution is 2.29. The molecule has 0 fully saturated rings. The zero-order valence-electron chi connectivity index (χ0n) is 7.50. The number of allylic oxidation sites excluding steroid dienone is 1. The number of fused-ring (bicyclic) bond motifs is 1. The summed E-state index contributed by atoms with van der Waals surface area (Å²) in [5.41, 5.74) is 1.50. The summed E-state index contributed by atoms with van der Waals surface area (Å²) < 4.78 is 5.10. The number of cyclic esters (lactones) is 1. The van der Waals surface area contributed by atoms with Crippen LogP contribution in [0.5, 0.6) is 0 Å². The van der Waals surface area contributed by atoms with E-state index in [9.17, 15) is 4.79 Å². The Morgan fingerprint density at radius 3 is 2.71 bits per heavy atom. The first-order chi connectivity index (χ1) is 6.83. The number of rotatable bonds is 2. The average Bonchev–Trinajstić information content (AvgIpc) is 2.54. The Balaban J connectivity index is 2.39. The smallest absolute Gasteiger partial charge is 0.344 e. The molecular weight excluding hydrogens is 200 g/mol. The van der Waals surface area contributed by atoms with Crippen LogP contribution in [0.25, 0.3) is 5.76 Å². The molecule has 3 heteroatoms. The first kappa shape index (κ1) is 9.28. The van der Waals surface area contributed by atoms with Gasteiger partial charge in [-0.3, -0.25) is 0 Å². The minimum atomic E-state index is -0.276. The van der Waals surface area contributed by atoms with Crippen molar-refractivity contribution in [3.8, 4) is 0 Å². The number of benzene rings is 1. The van der Waals surface area contributed by atoms with Gasteiger partial charge >= 0.3 is 5.97 Å². The molecular formula is C11H9ClO2. The number of hydrogen-bond acceptors (Lipinski definition) is 2. The zero-order valence-corrected chi connectivity index (χ0v) is 8.25. The Bertz CT molecular complexity index is 396. The van der Waals surface area contributed by atoms with Gasteiger partial charge in [-0.2, -0.15) is 0 Å². The molecule has 0 saturated carbocycles. The Labute approximate surface area is 87.1 Å². The van der Waals surface area contributed by atoms with Gasteiger partial charge in [-0.25, -0.2) is 4.79 Å². The van der Waals surface area contributed by atoms with Gasteiger partial charge in [0, 0.05) is 11.4 Å². The van der Waals surface area contributed by atoms with E-state index in [0.29, 0.717) is 23.6 Å². The number of carbonyl (C=O) groups excluding carboxylic acids is 1. The summed E-state index contributed by atoms with van der Waals surface area (Å²) in [7, 11) is 0. The lowest BCUT2D eigenvalue weighted by Crippen LogP contribution is -1.92. The monoisotopic (exact) mass is 208 g/mol. The zero-order chi connectivity index (χ0) is 9.97. The standard InChI is InChI=1S/C11H9ClO2/c12-7-3-6-10-8-4-1-2-5-9(8)11(13)14-10/h1-2,4-6H,3,7H2/b10-6-. The van der Waals surface area contributed by atoms with Gasteiger partial charge in [-0.15, -0.1) is 11.6 Å². The van der Waals surface area contributed by atoms with Crippen molar-refractivity contribution in [2.75, 3.05) is 5.88 Å². The maximum atomic E-state index is 11.3. The van der Waals surface area contributed by atoms with Crippen LogP contribution < -0.4 is 0 Å². The molecule has 1 heterocycles. The predicted octanol–water partition coefficient (Wildman–Crippen LogP) is 2.83. The molecule has 72 valence electrons. The third kappa shape index (κ3) is 1.53. The summed E-state index contributed by atoms with van der Waals surface area (Å²) in [6, 6.07) is 7.35. The second-order valence-corrected chi connectivity index (χ2v) is 3.36. The predicted molar refractivity (Wildman–Crippen MR) is 55.2 cm³/mol. The fourth-order valence-corrected chi connectivity index (χ4v) is 1.53. The Morgan fingerprint density at radius 2 is 2.00 bits per heavy atom. The van der Waals surface area contributed by atoms with E-state index >= 15 is 0 Å². The maximum absolute atomic E-state index is 11.3. The maximum Gasteiger partial charge on any atom is 0.344 e. The Morgan fingerprint density at radius 1 is 1.29 bits per heavy atom. The summed E-state index contributed by atoms with van der Waals surface area (Å²) in [5.74, 6) is 0.885. The van der Waals surface area contributed by atoms with Gasteiger partial charge in [0.1, 0.15) is 5.76 Å². The highest BCUT2D eigenvalue weighted by molar-refractivity contribution is 6.18. The lowest BCUT2D eigenvalue weighted by atomic mass is 10.1. The van der Waals surface area contributed by atoms with Crippen molar-refractivity contribution in [1.82, 2.24) is 0 Å². The van der Waals surface area contributed by atoms with E-state index in [1.54, 1.807) is 6.07 Å². The molecule has 0 radical (unpaired) electrons. The second-order valence-electron chi connectivity index (χ2n) is 2.98. The van der Waals surface area contributed by atoms with Crippen LogP contribution >= 0.6 is 11.6 Å². The van der Waals surface area contributed by atoms with Crippen molar-refractivity contribution in [1.29, 1.82) is 0 Å². The van der Waals surface area contributed by atoms with Crippen LogP contribution in [0.4, 0.5) is 0 Å². The summed E-state index contributed by atoms with van der Waals surface area (Å²) >= 11 is 5.56. The lowest BCUT2D eigenvalue weighted by Gasteiger charge is -1.96. The Hall–Kier alpha value is -1.28. The van der Waals surface area contributed by atoms with Crippen LogP contribution in [0, 0.1) is 0 Å². The molecule has 1 aromatic rings. The second kappa shape index (κ2) is 3.84. The minimum Gasteiger partial charge on any atom is -0.423 e. The molecule has 0 unspecified atom stereocenters. The molecule has 0 spiro atoms. The van der Waals surface area contributed by atoms with Crippen molar-refractivity contribution in [2.45, 2.75) is 6.42 Å². The van der Waals surface area contributed by atoms with Crippen molar-refractivity contribution < 1.29 is 9.53 Å². The summed E-state index contributed by atoms with van der Waals surface area (Å²) in [6.45, 7) is 0. The Kier molecular flexibility index (Phi) is 2.55. The third-order valence-electron chi connectivity index (χ3n) is 2.05. The highest BCUT2D eigenvalue weighted by atomic mass is 35.5. The van der Waals surface area contributed by atoms with Crippen molar-refractivity contribution >= 4 is 23.3 Å². The van der Waals surface area contributed by atoms with Gasteiger partial charge in [0.15, 0.2) is 0 Å². The number of halogens is 1. The van der Waals surface area contributed by atoms with E-state index in [1.165, 1.54) is 0 Å².